The molecule has 37 heavy (non-hydrogen) atoms. The first-order valence-electron chi connectivity index (χ1n) is 12.1. The molecule has 8 heteroatoms. The molecule has 3 aromatic carbocycles. The van der Waals surface area contributed by atoms with Gasteiger partial charge in [0.1, 0.15) is 5.25 Å². The lowest BCUT2D eigenvalue weighted by atomic mass is 9.98. The van der Waals surface area contributed by atoms with E-state index in [2.05, 4.69) is 41.5 Å². The number of carbonyl (C=O) groups is 2. The number of anilines is 1. The maximum absolute atomic E-state index is 12.8. The minimum atomic E-state index is -0.592. The molecule has 0 saturated carbocycles. The molecule has 2 aliphatic heterocycles. The van der Waals surface area contributed by atoms with Crippen LogP contribution in [-0.4, -0.2) is 33.0 Å². The third-order valence-electron chi connectivity index (χ3n) is 6.50. The highest BCUT2D eigenvalue weighted by atomic mass is 35.5. The third-order valence-corrected chi connectivity index (χ3v) is 7.90. The number of hydrazone groups is 1. The maximum atomic E-state index is 12.8. The number of carbonyl (C=O) groups excluding carboxylic acids is 2. The van der Waals surface area contributed by atoms with Crippen LogP contribution < -0.4 is 5.32 Å². The Kier molecular flexibility index (Phi) is 7.17. The van der Waals surface area contributed by atoms with E-state index in [0.29, 0.717) is 16.6 Å². The normalized spacial score (nSPS) is 19.1. The van der Waals surface area contributed by atoms with Gasteiger partial charge in [-0.15, -0.1) is 0 Å². The standard InChI is InChI=1S/C29H27ClN4O2S/c1-17-4-7-20(8-5-17)24-15-25(21-9-11-22(30)12-10-21)34(33-24)29-32-28(36)26(37-29)16-27(35)31-23-13-6-18(2)14-19(23)3/h4-14,25-26H,15-16H2,1-3H3,(H,31,35)/t25-,26+/m1/s1. The number of nitrogens with one attached hydrogen (secondary N) is 1. The number of nitrogens with zero attached hydrogens (tertiary/aromatic N) is 3. The Morgan fingerprint density at radius 2 is 1.73 bits per heavy atom. The Hall–Kier alpha value is -3.42. The monoisotopic (exact) mass is 530 g/mol. The van der Waals surface area contributed by atoms with Gasteiger partial charge in [0.05, 0.1) is 11.8 Å². The molecule has 2 atom stereocenters. The van der Waals surface area contributed by atoms with Gasteiger partial charge in [-0.1, -0.05) is 83.0 Å². The fraction of sp³-hybridized carbons (Fsp3) is 0.241. The van der Waals surface area contributed by atoms with Crippen LogP contribution in [0.4, 0.5) is 5.69 Å². The number of aryl methyl sites for hydroxylation is 3. The number of thioether (sulfide) groups is 1. The SMILES string of the molecule is Cc1ccc(C2=NN(C3=NC(=O)[C@H](CC(=O)Nc4ccc(C)cc4C)S3)[C@@H](c3ccc(Cl)cc3)C2)cc1. The van der Waals surface area contributed by atoms with Crippen LogP contribution in [0.3, 0.4) is 0 Å². The molecule has 0 radical (unpaired) electrons. The summed E-state index contributed by atoms with van der Waals surface area (Å²) in [5.74, 6) is -0.529. The zero-order valence-corrected chi connectivity index (χ0v) is 22.4. The van der Waals surface area contributed by atoms with Crippen LogP contribution >= 0.6 is 23.4 Å². The molecule has 6 nitrogen and oxygen atoms in total. The maximum Gasteiger partial charge on any atom is 0.262 e. The van der Waals surface area contributed by atoms with Crippen molar-refractivity contribution >= 4 is 51.7 Å². The largest absolute Gasteiger partial charge is 0.326 e. The predicted molar refractivity (Wildman–Crippen MR) is 151 cm³/mol. The van der Waals surface area contributed by atoms with Crippen LogP contribution in [0.1, 0.15) is 46.7 Å². The van der Waals surface area contributed by atoms with Gasteiger partial charge in [0.15, 0.2) is 5.17 Å². The van der Waals surface area contributed by atoms with Gasteiger partial charge in [-0.3, -0.25) is 9.59 Å². The molecule has 0 fully saturated rings. The number of hydrogen-bond acceptors (Lipinski definition) is 5. The lowest BCUT2D eigenvalue weighted by Gasteiger charge is -2.23. The molecule has 0 saturated heterocycles. The van der Waals surface area contributed by atoms with Gasteiger partial charge in [0.2, 0.25) is 5.91 Å². The topological polar surface area (TPSA) is 74.1 Å². The molecule has 188 valence electrons. The molecule has 5 rings (SSSR count). The van der Waals surface area contributed by atoms with E-state index in [4.69, 9.17) is 16.7 Å². The van der Waals surface area contributed by atoms with Crippen molar-refractivity contribution in [3.63, 3.8) is 0 Å². The molecular weight excluding hydrogens is 504 g/mol. The number of benzene rings is 3. The van der Waals surface area contributed by atoms with Gasteiger partial charge in [-0.05, 0) is 55.7 Å². The van der Waals surface area contributed by atoms with Crippen LogP contribution in [0.15, 0.2) is 76.8 Å². The van der Waals surface area contributed by atoms with E-state index in [9.17, 15) is 9.59 Å². The molecule has 0 aliphatic carbocycles. The van der Waals surface area contributed by atoms with Crippen molar-refractivity contribution in [1.29, 1.82) is 0 Å². The van der Waals surface area contributed by atoms with Crippen molar-refractivity contribution in [2.75, 3.05) is 5.32 Å². The van der Waals surface area contributed by atoms with E-state index in [1.165, 1.54) is 17.3 Å². The van der Waals surface area contributed by atoms with Gasteiger partial charge in [-0.25, -0.2) is 5.01 Å². The summed E-state index contributed by atoms with van der Waals surface area (Å²) < 4.78 is 0. The summed E-state index contributed by atoms with van der Waals surface area (Å²) in [4.78, 5) is 29.9. The first-order valence-corrected chi connectivity index (χ1v) is 13.4. The van der Waals surface area contributed by atoms with Crippen molar-refractivity contribution in [1.82, 2.24) is 5.01 Å². The average Bonchev–Trinajstić information content (AvgIpc) is 3.46. The van der Waals surface area contributed by atoms with Gasteiger partial charge in [0.25, 0.3) is 5.91 Å². The Morgan fingerprint density at radius 3 is 2.43 bits per heavy atom. The molecule has 0 bridgehead atoms. The summed E-state index contributed by atoms with van der Waals surface area (Å²) in [5.41, 5.74) is 7.02. The molecule has 0 spiro atoms. The number of aliphatic imine (C=N–C) groups is 1. The lowest BCUT2D eigenvalue weighted by Crippen LogP contribution is -2.25. The number of hydrogen-bond donors (Lipinski definition) is 1. The summed E-state index contributed by atoms with van der Waals surface area (Å²) in [6, 6.07) is 21.6. The van der Waals surface area contributed by atoms with Crippen molar-refractivity contribution < 1.29 is 9.59 Å². The highest BCUT2D eigenvalue weighted by molar-refractivity contribution is 8.15. The van der Waals surface area contributed by atoms with Crippen LogP contribution in [0.25, 0.3) is 0 Å². The molecule has 0 aromatic heterocycles. The van der Waals surface area contributed by atoms with E-state index in [1.54, 1.807) is 0 Å². The van der Waals surface area contributed by atoms with Crippen LogP contribution in [0, 0.1) is 20.8 Å². The number of rotatable bonds is 5. The molecule has 3 aromatic rings. The van der Waals surface area contributed by atoms with Gasteiger partial charge < -0.3 is 5.32 Å². The first-order chi connectivity index (χ1) is 17.8. The molecule has 2 aliphatic rings. The van der Waals surface area contributed by atoms with E-state index in [1.807, 2.05) is 61.3 Å². The molecule has 1 N–H and O–H groups in total. The first kappa shape index (κ1) is 25.2. The lowest BCUT2D eigenvalue weighted by molar-refractivity contribution is -0.121. The Bertz CT molecular complexity index is 1420. The Labute approximate surface area is 225 Å². The minimum Gasteiger partial charge on any atom is -0.326 e. The number of amides is 2. The minimum absolute atomic E-state index is 0.0395. The van der Waals surface area contributed by atoms with Gasteiger partial charge in [0, 0.05) is 23.6 Å². The second-order valence-corrected chi connectivity index (χ2v) is 11.0. The van der Waals surface area contributed by atoms with Crippen molar-refractivity contribution in [3.8, 4) is 0 Å². The van der Waals surface area contributed by atoms with Crippen molar-refractivity contribution in [2.24, 2.45) is 10.1 Å². The third kappa shape index (κ3) is 5.63. The van der Waals surface area contributed by atoms with Crippen molar-refractivity contribution in [3.05, 3.63) is 99.6 Å². The zero-order valence-electron chi connectivity index (χ0n) is 20.9. The van der Waals surface area contributed by atoms with Crippen LogP contribution in [-0.2, 0) is 9.59 Å². The summed E-state index contributed by atoms with van der Waals surface area (Å²) in [6.07, 6.45) is 0.702. The quantitative estimate of drug-likeness (QED) is 0.411. The second kappa shape index (κ2) is 10.5. The number of halogens is 1. The zero-order chi connectivity index (χ0) is 26.1. The summed E-state index contributed by atoms with van der Waals surface area (Å²) in [5, 5.41) is 10.2. The smallest absolute Gasteiger partial charge is 0.262 e. The molecule has 0 unspecified atom stereocenters. The van der Waals surface area contributed by atoms with Crippen LogP contribution in [0.5, 0.6) is 0 Å². The molecular formula is C29H27ClN4O2S. The van der Waals surface area contributed by atoms with E-state index in [0.717, 1.165) is 33.7 Å². The Balaban J connectivity index is 1.35. The van der Waals surface area contributed by atoms with E-state index >= 15 is 0 Å². The highest BCUT2D eigenvalue weighted by Crippen LogP contribution is 2.39. The summed E-state index contributed by atoms with van der Waals surface area (Å²) in [7, 11) is 0. The molecule has 2 heterocycles. The molecule has 2 amide bonds. The number of amidine groups is 1. The predicted octanol–water partition coefficient (Wildman–Crippen LogP) is 6.44. The van der Waals surface area contributed by atoms with Gasteiger partial charge in [-0.2, -0.15) is 10.1 Å². The summed E-state index contributed by atoms with van der Waals surface area (Å²) >= 11 is 7.43. The second-order valence-electron chi connectivity index (χ2n) is 9.44. The Morgan fingerprint density at radius 1 is 1.03 bits per heavy atom. The van der Waals surface area contributed by atoms with Gasteiger partial charge >= 0.3 is 0 Å². The average molecular weight is 531 g/mol. The highest BCUT2D eigenvalue weighted by Gasteiger charge is 2.39. The summed E-state index contributed by atoms with van der Waals surface area (Å²) in [6.45, 7) is 6.01. The van der Waals surface area contributed by atoms with Crippen molar-refractivity contribution in [2.45, 2.75) is 44.9 Å². The fourth-order valence-corrected chi connectivity index (χ4v) is 5.67. The van der Waals surface area contributed by atoms with Crippen LogP contribution in [0.2, 0.25) is 5.02 Å². The van der Waals surface area contributed by atoms with E-state index < -0.39 is 5.25 Å². The van der Waals surface area contributed by atoms with E-state index in [-0.39, 0.29) is 24.3 Å². The fourth-order valence-electron chi connectivity index (χ4n) is 4.48.